The van der Waals surface area contributed by atoms with Crippen LogP contribution in [0.25, 0.3) is 99.8 Å². The molecular weight excluding hydrogens is 625 g/mol. The quantitative estimate of drug-likeness (QED) is 0.206. The van der Waals surface area contributed by atoms with E-state index in [1.165, 1.54) is 32.6 Å². The highest BCUT2D eigenvalue weighted by Gasteiger charge is 2.21. The van der Waals surface area contributed by atoms with E-state index in [2.05, 4.69) is 117 Å². The van der Waals surface area contributed by atoms with Crippen LogP contribution >= 0.6 is 0 Å². The van der Waals surface area contributed by atoms with E-state index in [1.54, 1.807) is 0 Å². The zero-order valence-corrected chi connectivity index (χ0v) is 27.3. The first-order chi connectivity index (χ1) is 25.3. The molecule has 0 fully saturated rings. The van der Waals surface area contributed by atoms with Gasteiger partial charge >= 0.3 is 0 Å². The Hall–Kier alpha value is -7.05. The summed E-state index contributed by atoms with van der Waals surface area (Å²) in [5, 5.41) is 7.15. The van der Waals surface area contributed by atoms with Gasteiger partial charge < -0.3 is 9.55 Å². The number of para-hydroxylation sites is 3. The van der Waals surface area contributed by atoms with Crippen LogP contribution in [0.4, 0.5) is 0 Å². The second-order valence-corrected chi connectivity index (χ2v) is 13.0. The number of aromatic nitrogens is 6. The molecule has 11 rings (SSSR count). The predicted molar refractivity (Wildman–Crippen MR) is 209 cm³/mol. The third-order valence-corrected chi connectivity index (χ3v) is 10.1. The van der Waals surface area contributed by atoms with Gasteiger partial charge in [-0.1, -0.05) is 127 Å². The molecule has 51 heavy (non-hydrogen) atoms. The number of aromatic amines is 1. The molecule has 0 amide bonds. The normalized spacial score (nSPS) is 11.9. The summed E-state index contributed by atoms with van der Waals surface area (Å²) >= 11 is 0. The van der Waals surface area contributed by atoms with Crippen LogP contribution in [-0.4, -0.2) is 29.1 Å². The van der Waals surface area contributed by atoms with E-state index in [0.29, 0.717) is 17.6 Å². The minimum atomic E-state index is 0.582. The molecule has 4 heterocycles. The van der Waals surface area contributed by atoms with E-state index in [4.69, 9.17) is 15.0 Å². The van der Waals surface area contributed by atoms with E-state index in [-0.39, 0.29) is 0 Å². The van der Waals surface area contributed by atoms with Gasteiger partial charge in [0, 0.05) is 54.6 Å². The summed E-state index contributed by atoms with van der Waals surface area (Å²) in [6.45, 7) is 0. The minimum absolute atomic E-state index is 0.582. The van der Waals surface area contributed by atoms with Gasteiger partial charge in [-0.2, -0.15) is 9.97 Å². The van der Waals surface area contributed by atoms with Gasteiger partial charge in [0.1, 0.15) is 0 Å². The third-order valence-electron chi connectivity index (χ3n) is 10.1. The monoisotopic (exact) mass is 652 g/mol. The SMILES string of the molecule is c1ccc(-c2nc(-c3ccccc3)nc(-n3c4ccccc4c4cc(-n5c6ccccc6c6ccc7c8ccccc8[nH]c7c65)ccc43)n2)cc1. The van der Waals surface area contributed by atoms with Crippen LogP contribution in [0.2, 0.25) is 0 Å². The zero-order chi connectivity index (χ0) is 33.5. The number of rotatable bonds is 4. The first kappa shape index (κ1) is 27.9. The highest BCUT2D eigenvalue weighted by molar-refractivity contribution is 6.23. The Morgan fingerprint density at radius 1 is 0.392 bits per heavy atom. The highest BCUT2D eigenvalue weighted by Crippen LogP contribution is 2.40. The van der Waals surface area contributed by atoms with Crippen molar-refractivity contribution in [3.63, 3.8) is 0 Å². The lowest BCUT2D eigenvalue weighted by Crippen LogP contribution is -2.06. The fourth-order valence-corrected chi connectivity index (χ4v) is 7.85. The van der Waals surface area contributed by atoms with Crippen molar-refractivity contribution in [3.05, 3.63) is 164 Å². The van der Waals surface area contributed by atoms with Gasteiger partial charge in [-0.3, -0.25) is 4.57 Å². The maximum absolute atomic E-state index is 5.11. The van der Waals surface area contributed by atoms with Gasteiger partial charge in [-0.05, 0) is 36.4 Å². The minimum Gasteiger partial charge on any atom is -0.353 e. The summed E-state index contributed by atoms with van der Waals surface area (Å²) < 4.78 is 4.59. The summed E-state index contributed by atoms with van der Waals surface area (Å²) in [6, 6.07) is 57.3. The van der Waals surface area contributed by atoms with Crippen molar-refractivity contribution >= 4 is 65.4 Å². The first-order valence-electron chi connectivity index (χ1n) is 17.1. The Morgan fingerprint density at radius 2 is 0.941 bits per heavy atom. The number of fused-ring (bicyclic) bond motifs is 10. The van der Waals surface area contributed by atoms with Crippen molar-refractivity contribution in [1.82, 2.24) is 29.1 Å². The number of nitrogens with zero attached hydrogens (tertiary/aromatic N) is 5. The van der Waals surface area contributed by atoms with Crippen molar-refractivity contribution in [2.75, 3.05) is 0 Å². The predicted octanol–water partition coefficient (Wildman–Crippen LogP) is 11.0. The third kappa shape index (κ3) is 4.14. The molecule has 0 aliphatic rings. The Morgan fingerprint density at radius 3 is 1.65 bits per heavy atom. The van der Waals surface area contributed by atoms with Crippen LogP contribution in [0, 0.1) is 0 Å². The van der Waals surface area contributed by atoms with Gasteiger partial charge in [-0.25, -0.2) is 4.98 Å². The number of nitrogens with one attached hydrogen (secondary N) is 1. The fourth-order valence-electron chi connectivity index (χ4n) is 7.85. The van der Waals surface area contributed by atoms with Crippen LogP contribution < -0.4 is 0 Å². The summed E-state index contributed by atoms with van der Waals surface area (Å²) in [4.78, 5) is 18.9. The molecule has 0 spiro atoms. The summed E-state index contributed by atoms with van der Waals surface area (Å²) in [5.74, 6) is 1.85. The lowest BCUT2D eigenvalue weighted by atomic mass is 10.1. The van der Waals surface area contributed by atoms with E-state index in [9.17, 15) is 0 Å². The van der Waals surface area contributed by atoms with Gasteiger partial charge in [0.2, 0.25) is 5.95 Å². The Kier molecular flexibility index (Phi) is 5.86. The fraction of sp³-hybridized carbons (Fsp3) is 0. The smallest absolute Gasteiger partial charge is 0.238 e. The molecule has 0 aliphatic heterocycles. The molecule has 1 N–H and O–H groups in total. The number of hydrogen-bond donors (Lipinski definition) is 1. The van der Waals surface area contributed by atoms with Crippen LogP contribution in [0.15, 0.2) is 164 Å². The Labute approximate surface area is 291 Å². The average molecular weight is 653 g/mol. The zero-order valence-electron chi connectivity index (χ0n) is 27.3. The van der Waals surface area contributed by atoms with Crippen LogP contribution in [0.5, 0.6) is 0 Å². The second kappa shape index (κ2) is 10.7. The van der Waals surface area contributed by atoms with Gasteiger partial charge in [0.05, 0.1) is 27.6 Å². The molecule has 0 aliphatic carbocycles. The number of H-pyrrole nitrogens is 1. The molecule has 0 unspecified atom stereocenters. The molecule has 4 aromatic heterocycles. The summed E-state index contributed by atoms with van der Waals surface area (Å²) in [5.41, 5.74) is 9.65. The number of benzene rings is 7. The van der Waals surface area contributed by atoms with Crippen molar-refractivity contribution in [3.8, 4) is 34.4 Å². The molecule has 0 bridgehead atoms. The lowest BCUT2D eigenvalue weighted by molar-refractivity contribution is 0.953. The molecule has 0 radical (unpaired) electrons. The highest BCUT2D eigenvalue weighted by atomic mass is 15.2. The van der Waals surface area contributed by atoms with Crippen LogP contribution in [0.1, 0.15) is 0 Å². The Bertz CT molecular complexity index is 3070. The summed E-state index contributed by atoms with van der Waals surface area (Å²) in [7, 11) is 0. The van der Waals surface area contributed by atoms with E-state index in [0.717, 1.165) is 49.7 Å². The van der Waals surface area contributed by atoms with Crippen molar-refractivity contribution in [2.45, 2.75) is 0 Å². The van der Waals surface area contributed by atoms with Crippen LogP contribution in [-0.2, 0) is 0 Å². The average Bonchev–Trinajstić information content (AvgIpc) is 3.86. The van der Waals surface area contributed by atoms with Gasteiger partial charge in [-0.15, -0.1) is 0 Å². The molecule has 0 atom stereocenters. The van der Waals surface area contributed by atoms with Crippen molar-refractivity contribution in [2.24, 2.45) is 0 Å². The van der Waals surface area contributed by atoms with Gasteiger partial charge in [0.15, 0.2) is 11.6 Å². The van der Waals surface area contributed by atoms with E-state index in [1.807, 2.05) is 60.7 Å². The standard InChI is InChI=1S/C45H28N6/c1-3-13-28(14-4-1)43-47-44(29-15-5-2-6-16-29)49-45(48-43)51-39-22-12-9-19-33(39)36-27-30(23-26-40(36)51)50-38-21-11-8-18-32(38)35-25-24-34-31-17-7-10-20-37(31)46-41(34)42(35)50/h1-27,46H. The molecule has 6 nitrogen and oxygen atoms in total. The molecule has 7 aromatic carbocycles. The first-order valence-corrected chi connectivity index (χ1v) is 17.1. The molecule has 0 saturated carbocycles. The second-order valence-electron chi connectivity index (χ2n) is 13.0. The Balaban J connectivity index is 1.20. The maximum Gasteiger partial charge on any atom is 0.238 e. The topological polar surface area (TPSA) is 64.3 Å². The molecule has 238 valence electrons. The lowest BCUT2D eigenvalue weighted by Gasteiger charge is -2.12. The van der Waals surface area contributed by atoms with E-state index >= 15 is 0 Å². The maximum atomic E-state index is 5.11. The summed E-state index contributed by atoms with van der Waals surface area (Å²) in [6.07, 6.45) is 0. The van der Waals surface area contributed by atoms with Crippen LogP contribution in [0.3, 0.4) is 0 Å². The molecule has 11 aromatic rings. The van der Waals surface area contributed by atoms with Crippen molar-refractivity contribution < 1.29 is 0 Å². The number of hydrogen-bond acceptors (Lipinski definition) is 3. The largest absolute Gasteiger partial charge is 0.353 e. The van der Waals surface area contributed by atoms with Gasteiger partial charge in [0.25, 0.3) is 0 Å². The molecular formula is C45H28N6. The molecule has 0 saturated heterocycles. The van der Waals surface area contributed by atoms with Crippen molar-refractivity contribution in [1.29, 1.82) is 0 Å². The van der Waals surface area contributed by atoms with E-state index < -0.39 is 0 Å². The molecule has 6 heteroatoms.